The zero-order valence-electron chi connectivity index (χ0n) is 14.0. The van der Waals surface area contributed by atoms with Crippen LogP contribution in [0.5, 0.6) is 11.5 Å². The van der Waals surface area contributed by atoms with Crippen LogP contribution in [0.2, 0.25) is 0 Å². The quantitative estimate of drug-likeness (QED) is 0.384. The molecule has 0 saturated heterocycles. The maximum absolute atomic E-state index is 12.8. The fourth-order valence-corrected chi connectivity index (χ4v) is 3.07. The number of alkyl halides is 4. The number of ether oxygens (including phenoxy) is 2. The molecule has 0 N–H and O–H groups in total. The highest BCUT2D eigenvalue weighted by molar-refractivity contribution is 5.75. The second-order valence-corrected chi connectivity index (χ2v) is 6.37. The molecule has 0 radical (unpaired) electrons. The van der Waals surface area contributed by atoms with E-state index in [0.29, 0.717) is 5.92 Å². The van der Waals surface area contributed by atoms with Crippen molar-refractivity contribution in [1.29, 1.82) is 0 Å². The minimum absolute atomic E-state index is 0.149. The highest BCUT2D eigenvalue weighted by Crippen LogP contribution is 2.33. The van der Waals surface area contributed by atoms with Crippen molar-refractivity contribution < 1.29 is 31.8 Å². The Kier molecular flexibility index (Phi) is 6.67. The molecule has 140 valence electrons. The Labute approximate surface area is 144 Å². The molecule has 25 heavy (non-hydrogen) atoms. The van der Waals surface area contributed by atoms with Crippen molar-refractivity contribution in [3.63, 3.8) is 0 Å². The summed E-state index contributed by atoms with van der Waals surface area (Å²) >= 11 is 0. The minimum atomic E-state index is -5.08. The Hall–Kier alpha value is -1.79. The van der Waals surface area contributed by atoms with Crippen molar-refractivity contribution in [2.24, 2.45) is 11.8 Å². The van der Waals surface area contributed by atoms with Crippen LogP contribution in [0.1, 0.15) is 45.4 Å². The molecule has 3 nitrogen and oxygen atoms in total. The molecule has 0 aliphatic heterocycles. The van der Waals surface area contributed by atoms with Crippen LogP contribution in [0.4, 0.5) is 17.6 Å². The van der Waals surface area contributed by atoms with E-state index in [1.54, 1.807) is 0 Å². The van der Waals surface area contributed by atoms with Crippen LogP contribution < -0.4 is 9.47 Å². The largest absolute Gasteiger partial charge is 0.457 e. The van der Waals surface area contributed by atoms with E-state index in [2.05, 4.69) is 11.7 Å². The average Bonchev–Trinajstić information content (AvgIpc) is 2.56. The van der Waals surface area contributed by atoms with Gasteiger partial charge in [-0.25, -0.2) is 0 Å². The lowest BCUT2D eigenvalue weighted by Gasteiger charge is -2.26. The summed E-state index contributed by atoms with van der Waals surface area (Å²) in [6.45, 7) is 2.15. The van der Waals surface area contributed by atoms with E-state index >= 15 is 0 Å². The normalized spacial score (nSPS) is 22.3. The number of benzene rings is 1. The molecular weight excluding hydrogens is 340 g/mol. The predicted molar refractivity (Wildman–Crippen MR) is 84.0 cm³/mol. The summed E-state index contributed by atoms with van der Waals surface area (Å²) in [5.41, 5.74) is 0. The zero-order chi connectivity index (χ0) is 18.4. The van der Waals surface area contributed by atoms with Crippen molar-refractivity contribution in [3.8, 4) is 11.5 Å². The van der Waals surface area contributed by atoms with Crippen molar-refractivity contribution >= 4 is 5.97 Å². The number of carbonyl (C=O) groups is 1. The number of rotatable bonds is 6. The van der Waals surface area contributed by atoms with E-state index in [1.807, 2.05) is 0 Å². The van der Waals surface area contributed by atoms with Gasteiger partial charge >= 0.3 is 18.5 Å². The van der Waals surface area contributed by atoms with E-state index in [9.17, 15) is 22.4 Å². The number of halogens is 4. The highest BCUT2D eigenvalue weighted by atomic mass is 19.4. The molecule has 0 aromatic heterocycles. The fraction of sp³-hybridized carbons (Fsp3) is 0.611. The number of hydrogen-bond acceptors (Lipinski definition) is 3. The molecule has 7 heteroatoms. The first-order chi connectivity index (χ1) is 11.8. The van der Waals surface area contributed by atoms with Gasteiger partial charge in [-0.3, -0.25) is 4.79 Å². The average molecular weight is 362 g/mol. The van der Waals surface area contributed by atoms with E-state index in [4.69, 9.17) is 4.74 Å². The molecule has 1 aromatic rings. The zero-order valence-corrected chi connectivity index (χ0v) is 14.0. The molecule has 1 atom stereocenters. The first-order valence-corrected chi connectivity index (χ1v) is 8.48. The summed E-state index contributed by atoms with van der Waals surface area (Å²) in [7, 11) is 0. The van der Waals surface area contributed by atoms with Crippen molar-refractivity contribution in [3.05, 3.63) is 24.3 Å². The van der Waals surface area contributed by atoms with Crippen LogP contribution in [0.15, 0.2) is 24.3 Å². The Balaban J connectivity index is 1.84. The standard InChI is InChI=1S/C18H22F4O3/c1-2-3-12-4-6-13(7-5-12)16(23)24-14-8-10-15(11-9-14)25-17(19)18(20,21)22/h8-13,17H,2-7H2,1H3/t12-,13-,17?. The van der Waals surface area contributed by atoms with Gasteiger partial charge in [-0.1, -0.05) is 19.8 Å². The Morgan fingerprint density at radius 1 is 1.12 bits per heavy atom. The summed E-state index contributed by atoms with van der Waals surface area (Å²) in [6, 6.07) is 4.86. The van der Waals surface area contributed by atoms with Gasteiger partial charge in [-0.2, -0.15) is 17.6 Å². The lowest BCUT2D eigenvalue weighted by Crippen LogP contribution is -2.29. The van der Waals surface area contributed by atoms with Crippen molar-refractivity contribution in [1.82, 2.24) is 0 Å². The molecule has 2 rings (SSSR count). The molecule has 1 aliphatic carbocycles. The van der Waals surface area contributed by atoms with Gasteiger partial charge in [0, 0.05) is 0 Å². The highest BCUT2D eigenvalue weighted by Gasteiger charge is 2.42. The second kappa shape index (κ2) is 8.54. The smallest absolute Gasteiger partial charge is 0.452 e. The van der Waals surface area contributed by atoms with Crippen LogP contribution in [-0.2, 0) is 4.79 Å². The lowest BCUT2D eigenvalue weighted by molar-refractivity contribution is -0.236. The predicted octanol–water partition coefficient (Wildman–Crippen LogP) is 5.44. The molecule has 1 aliphatic rings. The van der Waals surface area contributed by atoms with Crippen LogP contribution in [0.25, 0.3) is 0 Å². The molecule has 0 spiro atoms. The van der Waals surface area contributed by atoms with Gasteiger partial charge in [0.25, 0.3) is 0 Å². The number of esters is 1. The maximum Gasteiger partial charge on any atom is 0.457 e. The van der Waals surface area contributed by atoms with E-state index in [-0.39, 0.29) is 23.4 Å². The Morgan fingerprint density at radius 2 is 1.68 bits per heavy atom. The third kappa shape index (κ3) is 5.90. The van der Waals surface area contributed by atoms with Gasteiger partial charge < -0.3 is 9.47 Å². The third-order valence-corrected chi connectivity index (χ3v) is 4.42. The van der Waals surface area contributed by atoms with Crippen LogP contribution in [0, 0.1) is 11.8 Å². The summed E-state index contributed by atoms with van der Waals surface area (Å²) in [4.78, 5) is 12.2. The summed E-state index contributed by atoms with van der Waals surface area (Å²) in [5.74, 6) is 0.111. The van der Waals surface area contributed by atoms with E-state index in [0.717, 1.165) is 44.2 Å². The first kappa shape index (κ1) is 19.5. The first-order valence-electron chi connectivity index (χ1n) is 8.48. The Bertz CT molecular complexity index is 548. The molecule has 1 aromatic carbocycles. The molecule has 1 unspecified atom stereocenters. The topological polar surface area (TPSA) is 35.5 Å². The van der Waals surface area contributed by atoms with Crippen molar-refractivity contribution in [2.75, 3.05) is 0 Å². The molecule has 0 heterocycles. The van der Waals surface area contributed by atoms with Gasteiger partial charge in [-0.05, 0) is 55.9 Å². The molecule has 1 fully saturated rings. The molecule has 0 bridgehead atoms. The molecular formula is C18H22F4O3. The van der Waals surface area contributed by atoms with Crippen LogP contribution in [-0.4, -0.2) is 18.5 Å². The Morgan fingerprint density at radius 3 is 2.20 bits per heavy atom. The fourth-order valence-electron chi connectivity index (χ4n) is 3.07. The van der Waals surface area contributed by atoms with Crippen LogP contribution in [0.3, 0.4) is 0 Å². The van der Waals surface area contributed by atoms with Gasteiger partial charge in [0.05, 0.1) is 5.92 Å². The summed E-state index contributed by atoms with van der Waals surface area (Å²) < 4.78 is 58.5. The van der Waals surface area contributed by atoms with Gasteiger partial charge in [0.2, 0.25) is 0 Å². The summed E-state index contributed by atoms with van der Waals surface area (Å²) in [5, 5.41) is 0. The monoisotopic (exact) mass is 362 g/mol. The van der Waals surface area contributed by atoms with Crippen LogP contribution >= 0.6 is 0 Å². The van der Waals surface area contributed by atoms with Crippen molar-refractivity contribution in [2.45, 2.75) is 58.0 Å². The second-order valence-electron chi connectivity index (χ2n) is 6.37. The van der Waals surface area contributed by atoms with Gasteiger partial charge in [0.1, 0.15) is 11.5 Å². The summed E-state index contributed by atoms with van der Waals surface area (Å²) in [6.07, 6.45) is -2.55. The molecule has 0 amide bonds. The SMILES string of the molecule is CCC[C@H]1CC[C@H](C(=O)Oc2ccc(OC(F)C(F)(F)F)cc2)CC1. The number of carbonyl (C=O) groups excluding carboxylic acids is 1. The van der Waals surface area contributed by atoms with E-state index < -0.39 is 12.5 Å². The minimum Gasteiger partial charge on any atom is -0.452 e. The van der Waals surface area contributed by atoms with Gasteiger partial charge in [0.15, 0.2) is 0 Å². The number of hydrogen-bond donors (Lipinski definition) is 0. The van der Waals surface area contributed by atoms with E-state index in [1.165, 1.54) is 18.6 Å². The maximum atomic E-state index is 12.8. The lowest BCUT2D eigenvalue weighted by atomic mass is 9.80. The molecule has 1 saturated carbocycles. The third-order valence-electron chi connectivity index (χ3n) is 4.42. The van der Waals surface area contributed by atoms with Gasteiger partial charge in [-0.15, -0.1) is 0 Å².